The number of nitrogens with one attached hydrogen (secondary N) is 1. The summed E-state index contributed by atoms with van der Waals surface area (Å²) in [5.41, 5.74) is 2.53. The van der Waals surface area contributed by atoms with Gasteiger partial charge in [0, 0.05) is 5.69 Å². The maximum atomic E-state index is 11.2. The summed E-state index contributed by atoms with van der Waals surface area (Å²) in [5, 5.41) is 2.75. The summed E-state index contributed by atoms with van der Waals surface area (Å²) in [4.78, 5) is 22.3. The van der Waals surface area contributed by atoms with Crippen LogP contribution in [-0.2, 0) is 27.2 Å². The normalized spacial score (nSPS) is 13.3. The lowest BCUT2D eigenvalue weighted by Gasteiger charge is -2.06. The molecule has 0 aliphatic carbocycles. The minimum absolute atomic E-state index is 0.0256. The van der Waals surface area contributed by atoms with Gasteiger partial charge in [0.05, 0.1) is 20.0 Å². The molecule has 0 aromatic heterocycles. The Hall–Kier alpha value is -1.84. The molecular weight excluding hydrogens is 194 g/mol. The minimum atomic E-state index is -0.301. The number of fused-ring (bicyclic) bond motifs is 1. The summed E-state index contributed by atoms with van der Waals surface area (Å²) in [6.07, 6.45) is 0.588. The maximum Gasteiger partial charge on any atom is 0.310 e. The standard InChI is InChI=1S/C11H11NO3/c1-15-10(14)6-8-4-2-3-7-5-9(13)12-11(7)8/h2-4H,5-6H2,1H3,(H,12,13). The monoisotopic (exact) mass is 205 g/mol. The highest BCUT2D eigenvalue weighted by molar-refractivity contribution is 6.00. The number of ether oxygens (including phenoxy) is 1. The molecule has 15 heavy (non-hydrogen) atoms. The van der Waals surface area contributed by atoms with Crippen molar-refractivity contribution in [1.29, 1.82) is 0 Å². The number of benzene rings is 1. The van der Waals surface area contributed by atoms with Gasteiger partial charge in [-0.3, -0.25) is 9.59 Å². The Morgan fingerprint density at radius 2 is 2.33 bits per heavy atom. The summed E-state index contributed by atoms with van der Waals surface area (Å²) in [6, 6.07) is 5.55. The Balaban J connectivity index is 2.30. The molecule has 0 fully saturated rings. The van der Waals surface area contributed by atoms with Crippen LogP contribution in [-0.4, -0.2) is 19.0 Å². The molecule has 0 saturated heterocycles. The lowest BCUT2D eigenvalue weighted by molar-refractivity contribution is -0.139. The first-order chi connectivity index (χ1) is 7.20. The number of rotatable bonds is 2. The Kier molecular flexibility index (Phi) is 2.41. The molecule has 2 rings (SSSR count). The zero-order valence-corrected chi connectivity index (χ0v) is 8.37. The average molecular weight is 205 g/mol. The summed E-state index contributed by atoms with van der Waals surface area (Å²) in [7, 11) is 1.35. The first-order valence-corrected chi connectivity index (χ1v) is 4.68. The van der Waals surface area contributed by atoms with Gasteiger partial charge in [0.15, 0.2) is 0 Å². The van der Waals surface area contributed by atoms with Gasteiger partial charge in [0.25, 0.3) is 0 Å². The van der Waals surface area contributed by atoms with Crippen LogP contribution in [0.3, 0.4) is 0 Å². The van der Waals surface area contributed by atoms with Crippen LogP contribution in [0.25, 0.3) is 0 Å². The van der Waals surface area contributed by atoms with Crippen molar-refractivity contribution >= 4 is 17.6 Å². The summed E-state index contributed by atoms with van der Waals surface area (Å²) < 4.78 is 4.59. The van der Waals surface area contributed by atoms with Crippen LogP contribution in [0.5, 0.6) is 0 Å². The van der Waals surface area contributed by atoms with Crippen LogP contribution in [0.2, 0.25) is 0 Å². The van der Waals surface area contributed by atoms with Crippen molar-refractivity contribution in [3.05, 3.63) is 29.3 Å². The average Bonchev–Trinajstić information content (AvgIpc) is 2.59. The largest absolute Gasteiger partial charge is 0.469 e. The van der Waals surface area contributed by atoms with E-state index in [9.17, 15) is 9.59 Å². The third kappa shape index (κ3) is 1.83. The fourth-order valence-corrected chi connectivity index (χ4v) is 1.69. The van der Waals surface area contributed by atoms with Gasteiger partial charge in [-0.15, -0.1) is 0 Å². The van der Waals surface area contributed by atoms with E-state index in [0.717, 1.165) is 16.8 Å². The van der Waals surface area contributed by atoms with E-state index in [1.54, 1.807) is 0 Å². The van der Waals surface area contributed by atoms with Crippen molar-refractivity contribution in [1.82, 2.24) is 0 Å². The van der Waals surface area contributed by atoms with Gasteiger partial charge < -0.3 is 10.1 Å². The first kappa shape index (κ1) is 9.71. The van der Waals surface area contributed by atoms with E-state index in [2.05, 4.69) is 10.1 Å². The van der Waals surface area contributed by atoms with Crippen molar-refractivity contribution in [3.63, 3.8) is 0 Å². The van der Waals surface area contributed by atoms with Gasteiger partial charge >= 0.3 is 5.97 Å². The number of para-hydroxylation sites is 1. The molecule has 1 aromatic carbocycles. The van der Waals surface area contributed by atoms with Crippen LogP contribution >= 0.6 is 0 Å². The third-order valence-corrected chi connectivity index (χ3v) is 2.41. The van der Waals surface area contributed by atoms with Crippen LogP contribution in [0, 0.1) is 0 Å². The van der Waals surface area contributed by atoms with E-state index in [1.165, 1.54) is 7.11 Å². The second kappa shape index (κ2) is 3.73. The molecule has 1 aliphatic rings. The molecule has 1 aromatic rings. The number of amides is 1. The van der Waals surface area contributed by atoms with Gasteiger partial charge in [-0.1, -0.05) is 18.2 Å². The minimum Gasteiger partial charge on any atom is -0.469 e. The number of hydrogen-bond donors (Lipinski definition) is 1. The molecule has 78 valence electrons. The zero-order chi connectivity index (χ0) is 10.8. The quantitative estimate of drug-likeness (QED) is 0.730. The molecular formula is C11H11NO3. The van der Waals surface area contributed by atoms with E-state index in [-0.39, 0.29) is 18.3 Å². The van der Waals surface area contributed by atoms with E-state index >= 15 is 0 Å². The van der Waals surface area contributed by atoms with Crippen molar-refractivity contribution in [2.45, 2.75) is 12.8 Å². The number of carbonyl (C=O) groups is 2. The highest BCUT2D eigenvalue weighted by Gasteiger charge is 2.21. The summed E-state index contributed by atoms with van der Waals surface area (Å²) >= 11 is 0. The molecule has 4 nitrogen and oxygen atoms in total. The number of carbonyl (C=O) groups excluding carboxylic acids is 2. The van der Waals surface area contributed by atoms with Gasteiger partial charge in [0.2, 0.25) is 5.91 Å². The van der Waals surface area contributed by atoms with E-state index in [4.69, 9.17) is 0 Å². The Morgan fingerprint density at radius 1 is 1.53 bits per heavy atom. The highest BCUT2D eigenvalue weighted by atomic mass is 16.5. The summed E-state index contributed by atoms with van der Waals surface area (Å²) in [6.45, 7) is 0. The van der Waals surface area contributed by atoms with Crippen LogP contribution in [0.15, 0.2) is 18.2 Å². The van der Waals surface area contributed by atoms with Crippen molar-refractivity contribution in [2.24, 2.45) is 0 Å². The molecule has 1 heterocycles. The molecule has 0 radical (unpaired) electrons. The predicted molar refractivity (Wildman–Crippen MR) is 54.5 cm³/mol. The maximum absolute atomic E-state index is 11.2. The Bertz CT molecular complexity index is 426. The third-order valence-electron chi connectivity index (χ3n) is 2.41. The predicted octanol–water partition coefficient (Wildman–Crippen LogP) is 0.897. The fourth-order valence-electron chi connectivity index (χ4n) is 1.69. The molecule has 0 bridgehead atoms. The number of anilines is 1. The fraction of sp³-hybridized carbons (Fsp3) is 0.273. The lowest BCUT2D eigenvalue weighted by Crippen LogP contribution is -2.08. The molecule has 0 unspecified atom stereocenters. The second-order valence-electron chi connectivity index (χ2n) is 3.43. The SMILES string of the molecule is COC(=O)Cc1cccc2c1NC(=O)C2. The van der Waals surface area contributed by atoms with Gasteiger partial charge in [-0.25, -0.2) is 0 Å². The van der Waals surface area contributed by atoms with Crippen molar-refractivity contribution in [3.8, 4) is 0 Å². The zero-order valence-electron chi connectivity index (χ0n) is 8.37. The Labute approximate surface area is 87.2 Å². The molecule has 0 spiro atoms. The lowest BCUT2D eigenvalue weighted by atomic mass is 10.1. The van der Waals surface area contributed by atoms with Gasteiger partial charge in [0.1, 0.15) is 0 Å². The molecule has 4 heteroatoms. The number of hydrogen-bond acceptors (Lipinski definition) is 3. The Morgan fingerprint density at radius 3 is 3.07 bits per heavy atom. The van der Waals surface area contributed by atoms with Crippen LogP contribution < -0.4 is 5.32 Å². The number of esters is 1. The topological polar surface area (TPSA) is 55.4 Å². The van der Waals surface area contributed by atoms with Crippen molar-refractivity contribution < 1.29 is 14.3 Å². The van der Waals surface area contributed by atoms with E-state index < -0.39 is 0 Å². The number of methoxy groups -OCH3 is 1. The molecule has 1 amide bonds. The molecule has 0 saturated carbocycles. The first-order valence-electron chi connectivity index (χ1n) is 4.68. The second-order valence-corrected chi connectivity index (χ2v) is 3.43. The smallest absolute Gasteiger partial charge is 0.310 e. The summed E-state index contributed by atoms with van der Waals surface area (Å²) in [5.74, 6) is -0.327. The highest BCUT2D eigenvalue weighted by Crippen LogP contribution is 2.27. The van der Waals surface area contributed by atoms with E-state index in [0.29, 0.717) is 6.42 Å². The van der Waals surface area contributed by atoms with Gasteiger partial charge in [-0.05, 0) is 11.1 Å². The van der Waals surface area contributed by atoms with Crippen LogP contribution in [0.4, 0.5) is 5.69 Å². The van der Waals surface area contributed by atoms with Crippen molar-refractivity contribution in [2.75, 3.05) is 12.4 Å². The molecule has 0 atom stereocenters. The molecule has 1 aliphatic heterocycles. The van der Waals surface area contributed by atoms with E-state index in [1.807, 2.05) is 18.2 Å². The van der Waals surface area contributed by atoms with Crippen LogP contribution in [0.1, 0.15) is 11.1 Å². The van der Waals surface area contributed by atoms with Gasteiger partial charge in [-0.2, -0.15) is 0 Å². The molecule has 1 N–H and O–H groups in total.